The molecule has 0 N–H and O–H groups in total. The Morgan fingerprint density at radius 2 is 2.08 bits per heavy atom. The lowest BCUT2D eigenvalue weighted by molar-refractivity contribution is 0.0745. The number of piperidine rings is 1. The van der Waals surface area contributed by atoms with E-state index in [1.165, 1.54) is 0 Å². The van der Waals surface area contributed by atoms with E-state index in [2.05, 4.69) is 21.9 Å². The minimum Gasteiger partial charge on any atom is -0.333 e. The molecule has 5 heteroatoms. The normalized spacial score (nSPS) is 18.1. The van der Waals surface area contributed by atoms with Crippen LogP contribution in [0.3, 0.4) is 0 Å². The molecule has 2 heterocycles. The fourth-order valence-electron chi connectivity index (χ4n) is 3.38. The molecule has 0 aliphatic carbocycles. The first kappa shape index (κ1) is 17.5. The molecule has 1 saturated heterocycles. The number of nitrogens with zero attached hydrogens (tertiary/aromatic N) is 4. The molecule has 0 spiro atoms. The molecule has 5 nitrogen and oxygen atoms in total. The highest BCUT2D eigenvalue weighted by molar-refractivity contribution is 5.92. The molecule has 1 fully saturated rings. The zero-order chi connectivity index (χ0) is 17.6. The molecular weight excluding hydrogens is 312 g/mol. The summed E-state index contributed by atoms with van der Waals surface area (Å²) < 4.78 is 0. The molecule has 1 amide bonds. The van der Waals surface area contributed by atoms with Crippen molar-refractivity contribution in [3.05, 3.63) is 59.7 Å². The Morgan fingerprint density at radius 3 is 2.80 bits per heavy atom. The van der Waals surface area contributed by atoms with E-state index in [0.717, 1.165) is 37.2 Å². The first-order chi connectivity index (χ1) is 12.2. The minimum absolute atomic E-state index is 0.0510. The molecule has 1 aromatic carbocycles. The van der Waals surface area contributed by atoms with Crippen molar-refractivity contribution in [1.82, 2.24) is 19.8 Å². The lowest BCUT2D eigenvalue weighted by Gasteiger charge is -2.29. The summed E-state index contributed by atoms with van der Waals surface area (Å²) in [6, 6.07) is 10.0. The molecule has 2 aromatic rings. The number of carbonyl (C=O) groups is 1. The summed E-state index contributed by atoms with van der Waals surface area (Å²) in [5.74, 6) is 0.313. The fraction of sp³-hybridized carbons (Fsp3) is 0.450. The first-order valence-corrected chi connectivity index (χ1v) is 9.01. The smallest absolute Gasteiger partial charge is 0.274 e. The first-order valence-electron chi connectivity index (χ1n) is 9.01. The van der Waals surface area contributed by atoms with Crippen LogP contribution in [0, 0.1) is 0 Å². The second kappa shape index (κ2) is 8.21. The van der Waals surface area contributed by atoms with Crippen molar-refractivity contribution in [1.29, 1.82) is 0 Å². The van der Waals surface area contributed by atoms with Gasteiger partial charge in [0.1, 0.15) is 5.69 Å². The van der Waals surface area contributed by atoms with Gasteiger partial charge in [-0.2, -0.15) is 0 Å². The maximum Gasteiger partial charge on any atom is 0.274 e. The number of likely N-dealkylation sites (tertiary alicyclic amines) is 1. The van der Waals surface area contributed by atoms with Gasteiger partial charge in [-0.3, -0.25) is 9.78 Å². The van der Waals surface area contributed by atoms with Crippen LogP contribution >= 0.6 is 0 Å². The van der Waals surface area contributed by atoms with E-state index in [1.807, 2.05) is 48.4 Å². The molecule has 1 aromatic heterocycles. The van der Waals surface area contributed by atoms with Gasteiger partial charge in [-0.1, -0.05) is 30.3 Å². The van der Waals surface area contributed by atoms with Gasteiger partial charge >= 0.3 is 0 Å². The van der Waals surface area contributed by atoms with Crippen molar-refractivity contribution in [3.63, 3.8) is 0 Å². The Balaban J connectivity index is 1.75. The van der Waals surface area contributed by atoms with Crippen LogP contribution in [0.4, 0.5) is 0 Å². The van der Waals surface area contributed by atoms with Crippen LogP contribution in [0.1, 0.15) is 47.4 Å². The summed E-state index contributed by atoms with van der Waals surface area (Å²) >= 11 is 0. The van der Waals surface area contributed by atoms with Gasteiger partial charge in [-0.05, 0) is 38.9 Å². The highest BCUT2D eigenvalue weighted by Crippen LogP contribution is 2.24. The van der Waals surface area contributed by atoms with Crippen LogP contribution in [0.5, 0.6) is 0 Å². The Labute approximate surface area is 149 Å². The predicted octanol–water partition coefficient (Wildman–Crippen LogP) is 2.95. The molecule has 3 rings (SSSR count). The van der Waals surface area contributed by atoms with Crippen molar-refractivity contribution < 1.29 is 4.79 Å². The summed E-state index contributed by atoms with van der Waals surface area (Å²) in [6.07, 6.45) is 5.67. The second-order valence-corrected chi connectivity index (χ2v) is 6.74. The van der Waals surface area contributed by atoms with Crippen LogP contribution < -0.4 is 0 Å². The Hall–Kier alpha value is -2.27. The summed E-state index contributed by atoms with van der Waals surface area (Å²) in [5, 5.41) is 0. The lowest BCUT2D eigenvalue weighted by atomic mass is 9.95. The average molecular weight is 338 g/mol. The van der Waals surface area contributed by atoms with Crippen molar-refractivity contribution in [2.75, 3.05) is 26.7 Å². The highest BCUT2D eigenvalue weighted by atomic mass is 16.2. The molecule has 1 unspecified atom stereocenters. The van der Waals surface area contributed by atoms with E-state index in [0.29, 0.717) is 24.7 Å². The minimum atomic E-state index is -0.0510. The number of hydrogen-bond donors (Lipinski definition) is 0. The standard InChI is InChI=1S/C20H26N4O/c1-3-24(14-16-8-5-4-6-9-16)20(25)19-13-21-12-18(22-19)17-10-7-11-23(2)15-17/h4-6,8-9,12-13,17H,3,7,10-11,14-15H2,1-2H3. The number of rotatable bonds is 5. The number of aromatic nitrogens is 2. The van der Waals surface area contributed by atoms with E-state index >= 15 is 0 Å². The monoisotopic (exact) mass is 338 g/mol. The molecule has 1 aliphatic heterocycles. The predicted molar refractivity (Wildman–Crippen MR) is 98.4 cm³/mol. The Bertz CT molecular complexity index is 704. The molecular formula is C20H26N4O. The van der Waals surface area contributed by atoms with Crippen molar-refractivity contribution in [2.45, 2.75) is 32.2 Å². The maximum absolute atomic E-state index is 12.9. The van der Waals surface area contributed by atoms with Crippen LogP contribution in [0.15, 0.2) is 42.7 Å². The topological polar surface area (TPSA) is 49.3 Å². The van der Waals surface area contributed by atoms with Gasteiger partial charge < -0.3 is 9.80 Å². The highest BCUT2D eigenvalue weighted by Gasteiger charge is 2.23. The zero-order valence-electron chi connectivity index (χ0n) is 15.1. The van der Waals surface area contributed by atoms with Crippen LogP contribution in [-0.2, 0) is 6.54 Å². The van der Waals surface area contributed by atoms with Crippen LogP contribution in [-0.4, -0.2) is 52.4 Å². The summed E-state index contributed by atoms with van der Waals surface area (Å²) in [4.78, 5) is 26.0. The van der Waals surface area contributed by atoms with Gasteiger partial charge in [0.05, 0.1) is 11.9 Å². The molecule has 132 valence electrons. The van der Waals surface area contributed by atoms with E-state index in [-0.39, 0.29) is 5.91 Å². The van der Waals surface area contributed by atoms with E-state index in [4.69, 9.17) is 0 Å². The number of carbonyl (C=O) groups excluding carboxylic acids is 1. The maximum atomic E-state index is 12.9. The fourth-order valence-corrected chi connectivity index (χ4v) is 3.38. The van der Waals surface area contributed by atoms with Crippen molar-refractivity contribution in [3.8, 4) is 0 Å². The van der Waals surface area contributed by atoms with Gasteiger partial charge in [-0.15, -0.1) is 0 Å². The van der Waals surface area contributed by atoms with Gasteiger partial charge in [0.2, 0.25) is 0 Å². The summed E-state index contributed by atoms with van der Waals surface area (Å²) in [5.41, 5.74) is 2.51. The number of likely N-dealkylation sites (N-methyl/N-ethyl adjacent to an activating group) is 1. The van der Waals surface area contributed by atoms with E-state index in [1.54, 1.807) is 6.20 Å². The molecule has 0 saturated carbocycles. The summed E-state index contributed by atoms with van der Waals surface area (Å²) in [6.45, 7) is 5.34. The third kappa shape index (κ3) is 4.42. The third-order valence-electron chi connectivity index (χ3n) is 4.80. The Morgan fingerprint density at radius 1 is 1.28 bits per heavy atom. The quantitative estimate of drug-likeness (QED) is 0.841. The van der Waals surface area contributed by atoms with Crippen LogP contribution in [0.2, 0.25) is 0 Å². The summed E-state index contributed by atoms with van der Waals surface area (Å²) in [7, 11) is 2.13. The average Bonchev–Trinajstić information content (AvgIpc) is 2.66. The van der Waals surface area contributed by atoms with Crippen molar-refractivity contribution in [2.24, 2.45) is 0 Å². The van der Waals surface area contributed by atoms with Gasteiger partial charge in [0.25, 0.3) is 5.91 Å². The lowest BCUT2D eigenvalue weighted by Crippen LogP contribution is -2.33. The molecule has 0 radical (unpaired) electrons. The molecule has 1 aliphatic rings. The van der Waals surface area contributed by atoms with Crippen molar-refractivity contribution >= 4 is 5.91 Å². The van der Waals surface area contributed by atoms with Crippen LogP contribution in [0.25, 0.3) is 0 Å². The zero-order valence-corrected chi connectivity index (χ0v) is 15.1. The molecule has 0 bridgehead atoms. The largest absolute Gasteiger partial charge is 0.333 e. The van der Waals surface area contributed by atoms with E-state index < -0.39 is 0 Å². The Kier molecular flexibility index (Phi) is 5.76. The van der Waals surface area contributed by atoms with Gasteiger partial charge in [0.15, 0.2) is 0 Å². The van der Waals surface area contributed by atoms with Gasteiger partial charge in [0, 0.05) is 31.7 Å². The number of hydrogen-bond acceptors (Lipinski definition) is 4. The number of amides is 1. The van der Waals surface area contributed by atoms with Gasteiger partial charge in [-0.25, -0.2) is 4.98 Å². The number of benzene rings is 1. The third-order valence-corrected chi connectivity index (χ3v) is 4.80. The molecule has 1 atom stereocenters. The molecule has 25 heavy (non-hydrogen) atoms. The van der Waals surface area contributed by atoms with E-state index in [9.17, 15) is 4.79 Å². The SMILES string of the molecule is CCN(Cc1ccccc1)C(=O)c1cncc(C2CCCN(C)C2)n1. The second-order valence-electron chi connectivity index (χ2n) is 6.74.